The summed E-state index contributed by atoms with van der Waals surface area (Å²) in [5.74, 6) is -6.44. The summed E-state index contributed by atoms with van der Waals surface area (Å²) in [6, 6.07) is 7.90. The molecule has 2 unspecified atom stereocenters. The number of carbonyl (C=O) groups is 5. The largest absolute Gasteiger partial charge is 0.464 e. The van der Waals surface area contributed by atoms with E-state index in [-0.39, 0.29) is 5.56 Å². The highest BCUT2D eigenvalue weighted by molar-refractivity contribution is 5.89. The number of aliphatic hydroxyl groups excluding tert-OH is 1. The minimum atomic E-state index is -2.23. The first-order chi connectivity index (χ1) is 21.7. The third-order valence-corrected chi connectivity index (χ3v) is 9.58. The summed E-state index contributed by atoms with van der Waals surface area (Å²) >= 11 is 0. The molecule has 13 nitrogen and oxygen atoms in total. The Morgan fingerprint density at radius 1 is 0.851 bits per heavy atom. The van der Waals surface area contributed by atoms with Crippen LogP contribution in [0.1, 0.15) is 79.1 Å². The minimum absolute atomic E-state index is 0.103. The van der Waals surface area contributed by atoms with Crippen LogP contribution in [-0.4, -0.2) is 94.0 Å². The van der Waals surface area contributed by atoms with E-state index in [0.29, 0.717) is 0 Å². The van der Waals surface area contributed by atoms with E-state index in [9.17, 15) is 34.2 Å². The maximum atomic E-state index is 13.9. The highest BCUT2D eigenvalue weighted by Gasteiger charge is 2.88. The number of esters is 5. The predicted octanol–water partition coefficient (Wildman–Crippen LogP) is 2.52. The number of hydrogen-bond acceptors (Lipinski definition) is 13. The van der Waals surface area contributed by atoms with Crippen LogP contribution in [0.4, 0.5) is 0 Å². The summed E-state index contributed by atoms with van der Waals surface area (Å²) in [7, 11) is 0. The van der Waals surface area contributed by atoms with Crippen LogP contribution in [0.2, 0.25) is 0 Å². The van der Waals surface area contributed by atoms with Crippen molar-refractivity contribution < 1.29 is 62.6 Å². The SMILES string of the molecule is CC(=O)O[C@H]1C[C@](C)(O)C23OC(C)(C)[C@@H](C2O)[C@H](OC(=O)C(C)C)[C@@H](OC(=O)c2ccccc2)[C@]3(COC(=O)C(C)C)[C@H]1OC(C)=O. The van der Waals surface area contributed by atoms with Crippen molar-refractivity contribution in [1.82, 2.24) is 0 Å². The smallest absolute Gasteiger partial charge is 0.338 e. The Balaban J connectivity index is 2.13. The fourth-order valence-electron chi connectivity index (χ4n) is 7.74. The van der Waals surface area contributed by atoms with Gasteiger partial charge in [-0.2, -0.15) is 0 Å². The average Bonchev–Trinajstić information content (AvgIpc) is 3.14. The fourth-order valence-corrected chi connectivity index (χ4v) is 7.74. The first-order valence-electron chi connectivity index (χ1n) is 15.8. The summed E-state index contributed by atoms with van der Waals surface area (Å²) in [5.41, 5.74) is -7.86. The topological polar surface area (TPSA) is 181 Å². The summed E-state index contributed by atoms with van der Waals surface area (Å²) in [5, 5.41) is 24.9. The van der Waals surface area contributed by atoms with Crippen LogP contribution in [0, 0.1) is 23.2 Å². The van der Waals surface area contributed by atoms with Gasteiger partial charge >= 0.3 is 29.8 Å². The van der Waals surface area contributed by atoms with E-state index in [0.717, 1.165) is 13.8 Å². The molecule has 1 heterocycles. The van der Waals surface area contributed by atoms with Gasteiger partial charge in [-0.15, -0.1) is 0 Å². The monoisotopic (exact) mass is 662 g/mol. The molecule has 2 aliphatic carbocycles. The van der Waals surface area contributed by atoms with E-state index >= 15 is 0 Å². The van der Waals surface area contributed by atoms with Crippen molar-refractivity contribution in [2.75, 3.05) is 6.61 Å². The summed E-state index contributed by atoms with van der Waals surface area (Å²) < 4.78 is 36.5. The second-order valence-electron chi connectivity index (χ2n) is 14.1. The van der Waals surface area contributed by atoms with Crippen LogP contribution in [0.25, 0.3) is 0 Å². The second-order valence-corrected chi connectivity index (χ2v) is 14.1. The maximum absolute atomic E-state index is 13.9. The molecule has 2 bridgehead atoms. The Labute approximate surface area is 274 Å². The van der Waals surface area contributed by atoms with Crippen molar-refractivity contribution in [2.45, 2.75) is 116 Å². The quantitative estimate of drug-likeness (QED) is 0.291. The van der Waals surface area contributed by atoms with Gasteiger partial charge in [0.1, 0.15) is 29.8 Å². The third kappa shape index (κ3) is 6.02. The molecule has 47 heavy (non-hydrogen) atoms. The van der Waals surface area contributed by atoms with Gasteiger partial charge < -0.3 is 38.6 Å². The first kappa shape index (κ1) is 36.3. The highest BCUT2D eigenvalue weighted by Crippen LogP contribution is 2.69. The highest BCUT2D eigenvalue weighted by atomic mass is 16.6. The number of hydrogen-bond donors (Lipinski definition) is 2. The molecule has 1 spiro atoms. The average molecular weight is 663 g/mol. The van der Waals surface area contributed by atoms with Gasteiger partial charge in [0, 0.05) is 20.3 Å². The molecule has 4 rings (SSSR count). The zero-order valence-electron chi connectivity index (χ0n) is 28.3. The zero-order chi connectivity index (χ0) is 35.3. The number of aliphatic hydroxyl groups is 2. The number of benzene rings is 1. The molecule has 0 radical (unpaired) electrons. The molecule has 9 atom stereocenters. The third-order valence-electron chi connectivity index (χ3n) is 9.58. The molecule has 0 aromatic heterocycles. The van der Waals surface area contributed by atoms with Gasteiger partial charge in [-0.1, -0.05) is 45.9 Å². The van der Waals surface area contributed by atoms with Gasteiger partial charge in [0.05, 0.1) is 40.6 Å². The summed E-state index contributed by atoms with van der Waals surface area (Å²) in [4.78, 5) is 65.7. The van der Waals surface area contributed by atoms with E-state index in [4.69, 9.17) is 28.4 Å². The van der Waals surface area contributed by atoms with E-state index in [1.165, 1.54) is 19.1 Å². The van der Waals surface area contributed by atoms with Gasteiger partial charge in [-0.05, 0) is 32.9 Å². The van der Waals surface area contributed by atoms with E-state index in [1.807, 2.05) is 0 Å². The summed E-state index contributed by atoms with van der Waals surface area (Å²) in [6.07, 6.45) is -8.38. The molecule has 1 aromatic carbocycles. The van der Waals surface area contributed by atoms with Crippen LogP contribution in [0.5, 0.6) is 0 Å². The standard InChI is InChI=1S/C34H46O13/c1-17(2)28(38)42-16-33-26(44-20(6)36)22(43-19(5)35)15-32(9,41)34(33)25(37)23(31(7,8)47-34)24(45-29(39)18(3)4)27(33)46-30(40)21-13-11-10-12-14-21/h10-14,17-18,22-27,37,41H,15-16H2,1-9H3/t22-,23+,24-,25?,26-,27+,32-,33-,34?/m0/s1. The normalized spacial score (nSPS) is 35.4. The van der Waals surface area contributed by atoms with Gasteiger partial charge in [0.15, 0.2) is 12.2 Å². The van der Waals surface area contributed by atoms with Crippen LogP contribution in [-0.2, 0) is 47.6 Å². The number of ether oxygens (including phenoxy) is 6. The van der Waals surface area contributed by atoms with Crippen LogP contribution < -0.4 is 0 Å². The molecule has 260 valence electrons. The Hall–Kier alpha value is -3.55. The molecule has 0 amide bonds. The lowest BCUT2D eigenvalue weighted by molar-refractivity contribution is -0.363. The number of rotatable bonds is 9. The van der Waals surface area contributed by atoms with Crippen molar-refractivity contribution in [3.63, 3.8) is 0 Å². The Bertz CT molecular complexity index is 1390. The molecule has 3 aliphatic rings. The number of fused-ring (bicyclic) bond motifs is 1. The van der Waals surface area contributed by atoms with Gasteiger partial charge in [-0.25, -0.2) is 4.79 Å². The summed E-state index contributed by atoms with van der Waals surface area (Å²) in [6.45, 7) is 12.4. The first-order valence-corrected chi connectivity index (χ1v) is 15.8. The molecule has 1 saturated heterocycles. The van der Waals surface area contributed by atoms with Crippen LogP contribution in [0.3, 0.4) is 0 Å². The van der Waals surface area contributed by atoms with Crippen molar-refractivity contribution in [3.8, 4) is 0 Å². The minimum Gasteiger partial charge on any atom is -0.464 e. The lowest BCUT2D eigenvalue weighted by atomic mass is 9.45. The Morgan fingerprint density at radius 3 is 1.96 bits per heavy atom. The Kier molecular flexibility index (Phi) is 9.89. The number of carbonyl (C=O) groups excluding carboxylic acids is 5. The van der Waals surface area contributed by atoms with E-state index in [1.54, 1.807) is 59.7 Å². The molecule has 13 heteroatoms. The van der Waals surface area contributed by atoms with Crippen LogP contribution in [0.15, 0.2) is 30.3 Å². The van der Waals surface area contributed by atoms with Gasteiger partial charge in [0.2, 0.25) is 0 Å². The van der Waals surface area contributed by atoms with Gasteiger partial charge in [0.25, 0.3) is 0 Å². The lowest BCUT2D eigenvalue weighted by Crippen LogP contribution is -2.85. The van der Waals surface area contributed by atoms with Crippen molar-refractivity contribution in [2.24, 2.45) is 23.2 Å². The fraction of sp³-hybridized carbons (Fsp3) is 0.676. The Morgan fingerprint density at radius 2 is 1.43 bits per heavy atom. The molecular formula is C34H46O13. The predicted molar refractivity (Wildman–Crippen MR) is 162 cm³/mol. The second kappa shape index (κ2) is 12.8. The molecule has 2 saturated carbocycles. The van der Waals surface area contributed by atoms with Gasteiger partial charge in [-0.3, -0.25) is 19.2 Å². The molecule has 1 aliphatic heterocycles. The van der Waals surface area contributed by atoms with Crippen LogP contribution >= 0.6 is 0 Å². The van der Waals surface area contributed by atoms with Crippen molar-refractivity contribution >= 4 is 29.8 Å². The lowest BCUT2D eigenvalue weighted by Gasteiger charge is -2.66. The van der Waals surface area contributed by atoms with Crippen molar-refractivity contribution in [3.05, 3.63) is 35.9 Å². The zero-order valence-corrected chi connectivity index (χ0v) is 28.3. The molecule has 3 fully saturated rings. The van der Waals surface area contributed by atoms with Crippen molar-refractivity contribution in [1.29, 1.82) is 0 Å². The van der Waals surface area contributed by atoms with E-state index < -0.39 is 113 Å². The molecular weight excluding hydrogens is 616 g/mol. The molecule has 2 N–H and O–H groups in total. The maximum Gasteiger partial charge on any atom is 0.338 e. The molecule has 1 aromatic rings. The van der Waals surface area contributed by atoms with E-state index in [2.05, 4.69) is 0 Å².